The van der Waals surface area contributed by atoms with Gasteiger partial charge in [0.1, 0.15) is 12.4 Å². The fourth-order valence-corrected chi connectivity index (χ4v) is 3.73. The number of carbonyl (C=O) groups excluding carboxylic acids is 2. The highest BCUT2D eigenvalue weighted by molar-refractivity contribution is 7.99. The van der Waals surface area contributed by atoms with Crippen molar-refractivity contribution in [2.24, 2.45) is 0 Å². The Hall–Kier alpha value is -0.510. The maximum atomic E-state index is 11.6. The van der Waals surface area contributed by atoms with Crippen molar-refractivity contribution >= 4 is 23.5 Å². The van der Waals surface area contributed by atoms with Crippen molar-refractivity contribution in [2.75, 3.05) is 18.1 Å². The van der Waals surface area contributed by atoms with Crippen LogP contribution in [0.2, 0.25) is 0 Å². The van der Waals surface area contributed by atoms with E-state index in [4.69, 9.17) is 4.74 Å². The van der Waals surface area contributed by atoms with Gasteiger partial charge in [-0.2, -0.15) is 11.8 Å². The molecule has 0 aliphatic heterocycles. The smallest absolute Gasteiger partial charge is 0.305 e. The van der Waals surface area contributed by atoms with E-state index in [0.29, 0.717) is 19.4 Å². The molecule has 0 aromatic carbocycles. The van der Waals surface area contributed by atoms with Crippen LogP contribution in [0.15, 0.2) is 0 Å². The normalized spacial score (nSPS) is 10.8. The summed E-state index contributed by atoms with van der Waals surface area (Å²) in [6.45, 7) is 4.35. The summed E-state index contributed by atoms with van der Waals surface area (Å²) in [5.74, 6) is 1.76. The molecule has 0 N–H and O–H groups in total. The maximum absolute atomic E-state index is 11.6. The molecule has 0 amide bonds. The van der Waals surface area contributed by atoms with Gasteiger partial charge < -0.3 is 4.74 Å². The molecular formula is C22H42O3S. The van der Waals surface area contributed by atoms with Crippen molar-refractivity contribution < 1.29 is 14.3 Å². The van der Waals surface area contributed by atoms with Crippen LogP contribution in [-0.4, -0.2) is 29.9 Å². The molecule has 0 saturated carbocycles. The van der Waals surface area contributed by atoms with E-state index in [1.54, 1.807) is 18.7 Å². The van der Waals surface area contributed by atoms with Crippen LogP contribution in [0.5, 0.6) is 0 Å². The summed E-state index contributed by atoms with van der Waals surface area (Å²) in [7, 11) is 0. The molecule has 0 aliphatic rings. The van der Waals surface area contributed by atoms with Crippen molar-refractivity contribution in [1.29, 1.82) is 0 Å². The van der Waals surface area contributed by atoms with Crippen molar-refractivity contribution in [2.45, 2.75) is 110 Å². The Morgan fingerprint density at radius 1 is 0.692 bits per heavy atom. The summed E-state index contributed by atoms with van der Waals surface area (Å²) in [6, 6.07) is 0. The van der Waals surface area contributed by atoms with Gasteiger partial charge in [-0.3, -0.25) is 9.59 Å². The number of hydrogen-bond acceptors (Lipinski definition) is 4. The number of rotatable bonds is 20. The standard InChI is InChI=1S/C22H42O3S/c1-3-4-5-6-7-8-9-10-11-12-13-14-15-16-22(24)25-18-20-26-19-17-21(2)23/h3-20H2,1-2H3. The second kappa shape index (κ2) is 20.8. The minimum atomic E-state index is -0.0692. The largest absolute Gasteiger partial charge is 0.465 e. The minimum absolute atomic E-state index is 0.0692. The highest BCUT2D eigenvalue weighted by Crippen LogP contribution is 2.13. The van der Waals surface area contributed by atoms with Crippen molar-refractivity contribution in [3.05, 3.63) is 0 Å². The van der Waals surface area contributed by atoms with Gasteiger partial charge in [0, 0.05) is 24.3 Å². The van der Waals surface area contributed by atoms with Gasteiger partial charge in [0.15, 0.2) is 0 Å². The van der Waals surface area contributed by atoms with Crippen LogP contribution in [-0.2, 0) is 14.3 Å². The second-order valence-corrected chi connectivity index (χ2v) is 8.50. The van der Waals surface area contributed by atoms with E-state index < -0.39 is 0 Å². The number of unbranched alkanes of at least 4 members (excludes halogenated alkanes) is 12. The van der Waals surface area contributed by atoms with Crippen LogP contribution in [0.3, 0.4) is 0 Å². The predicted molar refractivity (Wildman–Crippen MR) is 114 cm³/mol. The average Bonchev–Trinajstić information content (AvgIpc) is 2.61. The number of thioether (sulfide) groups is 1. The molecule has 0 unspecified atom stereocenters. The third kappa shape index (κ3) is 21.5. The van der Waals surface area contributed by atoms with Gasteiger partial charge in [-0.1, -0.05) is 84.0 Å². The first-order valence-electron chi connectivity index (χ1n) is 10.9. The summed E-state index contributed by atoms with van der Waals surface area (Å²) in [5.41, 5.74) is 0. The first kappa shape index (κ1) is 25.5. The summed E-state index contributed by atoms with van der Waals surface area (Å²) in [6.07, 6.45) is 18.3. The lowest BCUT2D eigenvalue weighted by Crippen LogP contribution is -2.07. The first-order chi connectivity index (χ1) is 12.7. The minimum Gasteiger partial charge on any atom is -0.465 e. The van der Waals surface area contributed by atoms with Gasteiger partial charge >= 0.3 is 5.97 Å². The van der Waals surface area contributed by atoms with Gasteiger partial charge in [-0.15, -0.1) is 0 Å². The average molecular weight is 387 g/mol. The molecule has 0 spiro atoms. The van der Waals surface area contributed by atoms with E-state index in [0.717, 1.165) is 24.3 Å². The molecule has 0 radical (unpaired) electrons. The van der Waals surface area contributed by atoms with Crippen molar-refractivity contribution in [3.8, 4) is 0 Å². The number of esters is 1. The van der Waals surface area contributed by atoms with E-state index in [-0.39, 0.29) is 11.8 Å². The van der Waals surface area contributed by atoms with E-state index in [1.807, 2.05) is 0 Å². The Labute approximate surface area is 166 Å². The van der Waals surface area contributed by atoms with Crippen molar-refractivity contribution in [1.82, 2.24) is 0 Å². The molecule has 0 saturated heterocycles. The number of carbonyl (C=O) groups is 2. The Morgan fingerprint density at radius 3 is 1.69 bits per heavy atom. The van der Waals surface area contributed by atoms with Gasteiger partial charge in [0.05, 0.1) is 0 Å². The first-order valence-corrected chi connectivity index (χ1v) is 12.0. The third-order valence-electron chi connectivity index (χ3n) is 4.57. The number of ether oxygens (including phenoxy) is 1. The van der Waals surface area contributed by atoms with E-state index in [1.165, 1.54) is 70.6 Å². The Bertz CT molecular complexity index is 331. The molecule has 4 heteroatoms. The van der Waals surface area contributed by atoms with Crippen LogP contribution in [0.25, 0.3) is 0 Å². The summed E-state index contributed by atoms with van der Waals surface area (Å²) in [5, 5.41) is 0. The molecule has 0 heterocycles. The van der Waals surface area contributed by atoms with Crippen LogP contribution in [0.1, 0.15) is 110 Å². The number of Topliss-reactive ketones (excluding diaryl/α,β-unsaturated/α-hetero) is 1. The molecule has 0 aliphatic carbocycles. The molecule has 0 atom stereocenters. The molecule has 154 valence electrons. The van der Waals surface area contributed by atoms with Gasteiger partial charge in [0.2, 0.25) is 0 Å². The molecular weight excluding hydrogens is 344 g/mol. The zero-order chi connectivity index (χ0) is 19.3. The fraction of sp³-hybridized carbons (Fsp3) is 0.909. The van der Waals surface area contributed by atoms with Crippen LogP contribution >= 0.6 is 11.8 Å². The molecule has 0 aromatic rings. The Kier molecular flexibility index (Phi) is 20.4. The van der Waals surface area contributed by atoms with E-state index >= 15 is 0 Å². The predicted octanol–water partition coefficient (Wildman–Crippen LogP) is 6.72. The molecule has 0 rings (SSSR count). The zero-order valence-electron chi connectivity index (χ0n) is 17.4. The molecule has 3 nitrogen and oxygen atoms in total. The highest BCUT2D eigenvalue weighted by atomic mass is 32.2. The zero-order valence-corrected chi connectivity index (χ0v) is 18.2. The van der Waals surface area contributed by atoms with Gasteiger partial charge in [0.25, 0.3) is 0 Å². The Morgan fingerprint density at radius 2 is 1.19 bits per heavy atom. The molecule has 0 aromatic heterocycles. The van der Waals surface area contributed by atoms with Crippen LogP contribution in [0, 0.1) is 0 Å². The van der Waals surface area contributed by atoms with Gasteiger partial charge in [-0.05, 0) is 13.3 Å². The Balaban J connectivity index is 3.15. The monoisotopic (exact) mass is 386 g/mol. The van der Waals surface area contributed by atoms with E-state index in [9.17, 15) is 9.59 Å². The quantitative estimate of drug-likeness (QED) is 0.172. The lowest BCUT2D eigenvalue weighted by Gasteiger charge is -2.05. The molecule has 0 fully saturated rings. The number of ketones is 1. The second-order valence-electron chi connectivity index (χ2n) is 7.28. The third-order valence-corrected chi connectivity index (χ3v) is 5.52. The highest BCUT2D eigenvalue weighted by Gasteiger charge is 2.03. The molecule has 26 heavy (non-hydrogen) atoms. The van der Waals surface area contributed by atoms with Crippen LogP contribution in [0.4, 0.5) is 0 Å². The topological polar surface area (TPSA) is 43.4 Å². The fourth-order valence-electron chi connectivity index (χ4n) is 2.89. The SMILES string of the molecule is CCCCCCCCCCCCCCCC(=O)OCCSCCC(C)=O. The van der Waals surface area contributed by atoms with Gasteiger partial charge in [-0.25, -0.2) is 0 Å². The van der Waals surface area contributed by atoms with Crippen LogP contribution < -0.4 is 0 Å². The van der Waals surface area contributed by atoms with Crippen molar-refractivity contribution in [3.63, 3.8) is 0 Å². The van der Waals surface area contributed by atoms with E-state index in [2.05, 4.69) is 6.92 Å². The summed E-state index contributed by atoms with van der Waals surface area (Å²) in [4.78, 5) is 22.4. The summed E-state index contributed by atoms with van der Waals surface area (Å²) >= 11 is 1.67. The number of hydrogen-bond donors (Lipinski definition) is 0. The lowest BCUT2D eigenvalue weighted by atomic mass is 10.0. The summed E-state index contributed by atoms with van der Waals surface area (Å²) < 4.78 is 5.21. The lowest BCUT2D eigenvalue weighted by molar-refractivity contribution is -0.143. The molecule has 0 bridgehead atoms. The maximum Gasteiger partial charge on any atom is 0.305 e.